The minimum absolute atomic E-state index is 0.256. The molecule has 0 radical (unpaired) electrons. The fourth-order valence-corrected chi connectivity index (χ4v) is 1.21. The summed E-state index contributed by atoms with van der Waals surface area (Å²) in [5.74, 6) is 0.793. The minimum Gasteiger partial charge on any atom is -0.396 e. The first-order chi connectivity index (χ1) is 5.70. The van der Waals surface area contributed by atoms with E-state index in [0.717, 1.165) is 12.2 Å². The Hall–Kier alpha value is -0.210. The van der Waals surface area contributed by atoms with E-state index in [-0.39, 0.29) is 6.61 Å². The van der Waals surface area contributed by atoms with Crippen molar-refractivity contribution in [2.75, 3.05) is 12.4 Å². The molecular formula is C10H18OS. The molecule has 0 amide bonds. The van der Waals surface area contributed by atoms with Crippen LogP contribution in [0.25, 0.3) is 0 Å². The lowest BCUT2D eigenvalue weighted by atomic mass is 10.2. The summed E-state index contributed by atoms with van der Waals surface area (Å²) in [4.78, 5) is 1.26. The van der Waals surface area contributed by atoms with Gasteiger partial charge in [-0.2, -0.15) is 0 Å². The predicted molar refractivity (Wildman–Crippen MR) is 57.3 cm³/mol. The predicted octanol–water partition coefficient (Wildman–Crippen LogP) is 2.97. The molecule has 0 unspecified atom stereocenters. The molecule has 12 heavy (non-hydrogen) atoms. The minimum atomic E-state index is 0.256. The molecule has 0 aliphatic heterocycles. The zero-order valence-electron chi connectivity index (χ0n) is 8.13. The molecule has 0 aromatic carbocycles. The van der Waals surface area contributed by atoms with Crippen molar-refractivity contribution in [3.8, 4) is 0 Å². The first kappa shape index (κ1) is 11.8. The fraction of sp³-hybridized carbons (Fsp3) is 0.600. The largest absolute Gasteiger partial charge is 0.396 e. The molecule has 0 aromatic heterocycles. The van der Waals surface area contributed by atoms with Crippen molar-refractivity contribution in [3.05, 3.63) is 22.6 Å². The maximum atomic E-state index is 8.58. The van der Waals surface area contributed by atoms with Crippen LogP contribution in [0.3, 0.4) is 0 Å². The summed E-state index contributed by atoms with van der Waals surface area (Å²) in [5.41, 5.74) is 1.39. The van der Waals surface area contributed by atoms with E-state index in [0.29, 0.717) is 0 Å². The SMILES string of the molecule is CC/C(C)=C\C=C(/C)SCCO. The molecule has 2 heteroatoms. The molecular weight excluding hydrogens is 168 g/mol. The molecule has 0 aromatic rings. The van der Waals surface area contributed by atoms with Gasteiger partial charge in [0.25, 0.3) is 0 Å². The highest BCUT2D eigenvalue weighted by Crippen LogP contribution is 2.14. The summed E-state index contributed by atoms with van der Waals surface area (Å²) in [7, 11) is 0. The van der Waals surface area contributed by atoms with E-state index in [4.69, 9.17) is 5.11 Å². The maximum Gasteiger partial charge on any atom is 0.0525 e. The van der Waals surface area contributed by atoms with Gasteiger partial charge >= 0.3 is 0 Å². The third kappa shape index (κ3) is 6.50. The van der Waals surface area contributed by atoms with Crippen molar-refractivity contribution in [3.63, 3.8) is 0 Å². The molecule has 0 fully saturated rings. The number of hydrogen-bond acceptors (Lipinski definition) is 2. The molecule has 0 spiro atoms. The lowest BCUT2D eigenvalue weighted by Crippen LogP contribution is -1.84. The van der Waals surface area contributed by atoms with Crippen LogP contribution in [0.1, 0.15) is 27.2 Å². The van der Waals surface area contributed by atoms with Crippen molar-refractivity contribution in [1.82, 2.24) is 0 Å². The highest BCUT2D eigenvalue weighted by molar-refractivity contribution is 8.03. The van der Waals surface area contributed by atoms with Crippen LogP contribution >= 0.6 is 11.8 Å². The van der Waals surface area contributed by atoms with Gasteiger partial charge in [-0.05, 0) is 25.2 Å². The summed E-state index contributed by atoms with van der Waals surface area (Å²) in [5, 5.41) is 8.58. The van der Waals surface area contributed by atoms with Crippen LogP contribution in [-0.2, 0) is 0 Å². The van der Waals surface area contributed by atoms with E-state index in [1.165, 1.54) is 10.5 Å². The first-order valence-corrected chi connectivity index (χ1v) is 5.27. The Morgan fingerprint density at radius 2 is 2.00 bits per heavy atom. The second-order valence-electron chi connectivity index (χ2n) is 2.72. The molecule has 0 bridgehead atoms. The second-order valence-corrected chi connectivity index (χ2v) is 4.06. The number of allylic oxidation sites excluding steroid dienone is 4. The van der Waals surface area contributed by atoms with Crippen molar-refractivity contribution in [2.45, 2.75) is 27.2 Å². The zero-order chi connectivity index (χ0) is 9.40. The van der Waals surface area contributed by atoms with E-state index in [1.807, 2.05) is 0 Å². The van der Waals surface area contributed by atoms with Crippen LogP contribution in [0.2, 0.25) is 0 Å². The number of hydrogen-bond donors (Lipinski definition) is 1. The normalized spacial score (nSPS) is 13.7. The molecule has 0 aliphatic carbocycles. The van der Waals surface area contributed by atoms with E-state index in [9.17, 15) is 0 Å². The first-order valence-electron chi connectivity index (χ1n) is 4.28. The molecule has 0 saturated heterocycles. The number of rotatable bonds is 5. The molecule has 0 heterocycles. The lowest BCUT2D eigenvalue weighted by molar-refractivity contribution is 0.322. The van der Waals surface area contributed by atoms with Gasteiger partial charge in [0.05, 0.1) is 6.61 Å². The van der Waals surface area contributed by atoms with Gasteiger partial charge in [0.15, 0.2) is 0 Å². The van der Waals surface area contributed by atoms with Gasteiger partial charge in [-0.25, -0.2) is 0 Å². The standard InChI is InChI=1S/C10H18OS/c1-4-9(2)5-6-10(3)12-8-7-11/h5-6,11H,4,7-8H2,1-3H3/b9-5-,10-6+. The maximum absolute atomic E-state index is 8.58. The van der Waals surface area contributed by atoms with Gasteiger partial charge in [-0.1, -0.05) is 24.6 Å². The van der Waals surface area contributed by atoms with Gasteiger partial charge in [0, 0.05) is 5.75 Å². The van der Waals surface area contributed by atoms with Gasteiger partial charge in [-0.3, -0.25) is 0 Å². The zero-order valence-corrected chi connectivity index (χ0v) is 8.95. The Labute approximate surface area is 79.6 Å². The van der Waals surface area contributed by atoms with Crippen molar-refractivity contribution < 1.29 is 5.11 Å². The summed E-state index contributed by atoms with van der Waals surface area (Å²) in [6.45, 7) is 6.60. The van der Waals surface area contributed by atoms with E-state index in [2.05, 4.69) is 32.9 Å². The molecule has 0 atom stereocenters. The van der Waals surface area contributed by atoms with Crippen LogP contribution in [0.15, 0.2) is 22.6 Å². The summed E-state index contributed by atoms with van der Waals surface area (Å²) >= 11 is 1.70. The average Bonchev–Trinajstić information content (AvgIpc) is 2.10. The number of aliphatic hydroxyl groups excluding tert-OH is 1. The topological polar surface area (TPSA) is 20.2 Å². The van der Waals surface area contributed by atoms with Crippen LogP contribution in [0.5, 0.6) is 0 Å². The smallest absolute Gasteiger partial charge is 0.0525 e. The van der Waals surface area contributed by atoms with Crippen molar-refractivity contribution >= 4 is 11.8 Å². The third-order valence-corrected chi connectivity index (χ3v) is 2.56. The lowest BCUT2D eigenvalue weighted by Gasteiger charge is -1.97. The van der Waals surface area contributed by atoms with Gasteiger partial charge < -0.3 is 5.11 Å². The summed E-state index contributed by atoms with van der Waals surface area (Å²) < 4.78 is 0. The Bertz CT molecular complexity index is 171. The van der Waals surface area contributed by atoms with Gasteiger partial charge in [0.1, 0.15) is 0 Å². The molecule has 0 aliphatic rings. The van der Waals surface area contributed by atoms with Gasteiger partial charge in [0.2, 0.25) is 0 Å². The monoisotopic (exact) mass is 186 g/mol. The quantitative estimate of drug-likeness (QED) is 0.666. The number of thioether (sulfide) groups is 1. The number of aliphatic hydroxyl groups is 1. The van der Waals surface area contributed by atoms with E-state index < -0.39 is 0 Å². The van der Waals surface area contributed by atoms with Crippen LogP contribution < -0.4 is 0 Å². The van der Waals surface area contributed by atoms with Crippen LogP contribution in [-0.4, -0.2) is 17.5 Å². The average molecular weight is 186 g/mol. The highest BCUT2D eigenvalue weighted by atomic mass is 32.2. The third-order valence-electron chi connectivity index (χ3n) is 1.58. The van der Waals surface area contributed by atoms with Crippen molar-refractivity contribution in [2.24, 2.45) is 0 Å². The molecule has 0 saturated carbocycles. The molecule has 0 rings (SSSR count). The fourth-order valence-electron chi connectivity index (χ4n) is 0.632. The molecule has 1 nitrogen and oxygen atoms in total. The van der Waals surface area contributed by atoms with E-state index >= 15 is 0 Å². The Morgan fingerprint density at radius 1 is 1.33 bits per heavy atom. The Balaban J connectivity index is 3.82. The van der Waals surface area contributed by atoms with Crippen LogP contribution in [0.4, 0.5) is 0 Å². The highest BCUT2D eigenvalue weighted by Gasteiger charge is 1.88. The van der Waals surface area contributed by atoms with Gasteiger partial charge in [-0.15, -0.1) is 11.8 Å². The summed E-state index contributed by atoms with van der Waals surface area (Å²) in [6, 6.07) is 0. The summed E-state index contributed by atoms with van der Waals surface area (Å²) in [6.07, 6.45) is 5.35. The molecule has 70 valence electrons. The molecule has 1 N–H and O–H groups in total. The van der Waals surface area contributed by atoms with Crippen LogP contribution in [0, 0.1) is 0 Å². The van der Waals surface area contributed by atoms with Crippen molar-refractivity contribution in [1.29, 1.82) is 0 Å². The van der Waals surface area contributed by atoms with E-state index in [1.54, 1.807) is 11.8 Å². The second kappa shape index (κ2) is 7.44. The Morgan fingerprint density at radius 3 is 2.50 bits per heavy atom. The Kier molecular flexibility index (Phi) is 7.31.